The highest BCUT2D eigenvalue weighted by molar-refractivity contribution is 7.98. The zero-order valence-corrected chi connectivity index (χ0v) is 17.1. The Morgan fingerprint density at radius 1 is 1.04 bits per heavy atom. The molecule has 0 saturated carbocycles. The van der Waals surface area contributed by atoms with Crippen molar-refractivity contribution in [3.05, 3.63) is 69.0 Å². The summed E-state index contributed by atoms with van der Waals surface area (Å²) in [6.45, 7) is 4.48. The minimum absolute atomic E-state index is 0.362. The molecule has 0 amide bonds. The maximum atomic E-state index is 6.23. The van der Waals surface area contributed by atoms with Gasteiger partial charge < -0.3 is 9.30 Å². The Bertz CT molecular complexity index is 907. The second kappa shape index (κ2) is 8.33. The van der Waals surface area contributed by atoms with Crippen molar-refractivity contribution in [3.8, 4) is 5.75 Å². The largest absolute Gasteiger partial charge is 0.485 e. The van der Waals surface area contributed by atoms with Gasteiger partial charge in [0.15, 0.2) is 11.0 Å². The molecule has 0 saturated heterocycles. The molecule has 0 unspecified atom stereocenters. The van der Waals surface area contributed by atoms with E-state index < -0.39 is 0 Å². The molecule has 26 heavy (non-hydrogen) atoms. The first kappa shape index (κ1) is 19.1. The van der Waals surface area contributed by atoms with Crippen LogP contribution in [0.1, 0.15) is 22.5 Å². The monoisotopic (exact) mass is 407 g/mol. The summed E-state index contributed by atoms with van der Waals surface area (Å²) < 4.78 is 7.86. The molecule has 0 N–H and O–H groups in total. The standard InChI is InChI=1S/C19H19Cl2N3OS/c1-12-6-4-9-17(13(12)2)25-10-18-22-23-19(24(18)3)26-11-14-15(20)7-5-8-16(14)21/h4-9H,10-11H2,1-3H3. The summed E-state index contributed by atoms with van der Waals surface area (Å²) in [5.41, 5.74) is 3.24. The summed E-state index contributed by atoms with van der Waals surface area (Å²) in [5.74, 6) is 2.26. The molecule has 0 aliphatic heterocycles. The van der Waals surface area contributed by atoms with Crippen molar-refractivity contribution in [3.63, 3.8) is 0 Å². The Kier molecular flexibility index (Phi) is 6.12. The first-order chi connectivity index (χ1) is 12.5. The maximum Gasteiger partial charge on any atom is 0.191 e. The van der Waals surface area contributed by atoms with Crippen LogP contribution in [0.15, 0.2) is 41.6 Å². The second-order valence-corrected chi connectivity index (χ2v) is 7.69. The van der Waals surface area contributed by atoms with Crippen LogP contribution in [-0.2, 0) is 19.4 Å². The molecule has 7 heteroatoms. The highest BCUT2D eigenvalue weighted by atomic mass is 35.5. The molecule has 0 aliphatic rings. The van der Waals surface area contributed by atoms with Crippen molar-refractivity contribution in [1.29, 1.82) is 0 Å². The Labute approximate surface area is 167 Å². The SMILES string of the molecule is Cc1cccc(OCc2nnc(SCc3c(Cl)cccc3Cl)n2C)c1C. The lowest BCUT2D eigenvalue weighted by Gasteiger charge is -2.10. The van der Waals surface area contributed by atoms with Gasteiger partial charge in [0.25, 0.3) is 0 Å². The lowest BCUT2D eigenvalue weighted by molar-refractivity contribution is 0.288. The lowest BCUT2D eigenvalue weighted by Crippen LogP contribution is -2.05. The minimum Gasteiger partial charge on any atom is -0.485 e. The fraction of sp³-hybridized carbons (Fsp3) is 0.263. The topological polar surface area (TPSA) is 39.9 Å². The summed E-state index contributed by atoms with van der Waals surface area (Å²) in [4.78, 5) is 0. The van der Waals surface area contributed by atoms with Gasteiger partial charge in [-0.3, -0.25) is 0 Å². The highest BCUT2D eigenvalue weighted by Crippen LogP contribution is 2.31. The molecule has 0 aliphatic carbocycles. The van der Waals surface area contributed by atoms with Gasteiger partial charge in [-0.1, -0.05) is 53.2 Å². The van der Waals surface area contributed by atoms with Gasteiger partial charge >= 0.3 is 0 Å². The van der Waals surface area contributed by atoms with E-state index in [0.29, 0.717) is 22.4 Å². The third-order valence-corrected chi connectivity index (χ3v) is 6.00. The van der Waals surface area contributed by atoms with Crippen molar-refractivity contribution >= 4 is 35.0 Å². The fourth-order valence-corrected chi connectivity index (χ4v) is 4.10. The number of halogens is 2. The van der Waals surface area contributed by atoms with Crippen molar-refractivity contribution in [1.82, 2.24) is 14.8 Å². The maximum absolute atomic E-state index is 6.23. The van der Waals surface area contributed by atoms with E-state index in [1.165, 1.54) is 5.56 Å². The molecule has 1 heterocycles. The highest BCUT2D eigenvalue weighted by Gasteiger charge is 2.13. The Morgan fingerprint density at radius 2 is 1.73 bits per heavy atom. The predicted octanol–water partition coefficient (Wildman–Crippen LogP) is 5.61. The van der Waals surface area contributed by atoms with Gasteiger partial charge in [-0.05, 0) is 48.7 Å². The smallest absolute Gasteiger partial charge is 0.191 e. The molecule has 4 nitrogen and oxygen atoms in total. The average Bonchev–Trinajstić information content (AvgIpc) is 2.96. The molecule has 0 atom stereocenters. The van der Waals surface area contributed by atoms with Gasteiger partial charge in [-0.15, -0.1) is 10.2 Å². The molecular formula is C19H19Cl2N3OS. The van der Waals surface area contributed by atoms with Crippen LogP contribution < -0.4 is 4.74 Å². The van der Waals surface area contributed by atoms with Gasteiger partial charge in [-0.2, -0.15) is 0 Å². The van der Waals surface area contributed by atoms with Crippen LogP contribution in [0.2, 0.25) is 10.0 Å². The minimum atomic E-state index is 0.362. The molecule has 2 aromatic carbocycles. The zero-order chi connectivity index (χ0) is 18.7. The van der Waals surface area contributed by atoms with Crippen LogP contribution in [0.5, 0.6) is 5.75 Å². The van der Waals surface area contributed by atoms with E-state index in [9.17, 15) is 0 Å². The van der Waals surface area contributed by atoms with Crippen LogP contribution in [0.25, 0.3) is 0 Å². The molecule has 0 spiro atoms. The van der Waals surface area contributed by atoms with Crippen molar-refractivity contribution in [2.24, 2.45) is 7.05 Å². The molecule has 0 bridgehead atoms. The van der Waals surface area contributed by atoms with E-state index in [-0.39, 0.29) is 0 Å². The van der Waals surface area contributed by atoms with Crippen molar-refractivity contribution < 1.29 is 4.74 Å². The normalized spacial score (nSPS) is 11.0. The number of aromatic nitrogens is 3. The van der Waals surface area contributed by atoms with Crippen LogP contribution in [0.3, 0.4) is 0 Å². The van der Waals surface area contributed by atoms with Crippen molar-refractivity contribution in [2.45, 2.75) is 31.4 Å². The number of benzene rings is 2. The molecular weight excluding hydrogens is 389 g/mol. The first-order valence-corrected chi connectivity index (χ1v) is 9.84. The summed E-state index contributed by atoms with van der Waals surface area (Å²) >= 11 is 14.0. The van der Waals surface area contributed by atoms with Crippen LogP contribution in [0.4, 0.5) is 0 Å². The molecule has 1 aromatic heterocycles. The third kappa shape index (κ3) is 4.17. The summed E-state index contributed by atoms with van der Waals surface area (Å²) in [6.07, 6.45) is 0. The zero-order valence-electron chi connectivity index (χ0n) is 14.8. The number of hydrogen-bond donors (Lipinski definition) is 0. The Morgan fingerprint density at radius 3 is 2.46 bits per heavy atom. The average molecular weight is 408 g/mol. The van der Waals surface area contributed by atoms with Gasteiger partial charge in [0.1, 0.15) is 12.4 Å². The van der Waals surface area contributed by atoms with Gasteiger partial charge in [0.05, 0.1) is 0 Å². The number of nitrogens with zero attached hydrogens (tertiary/aromatic N) is 3. The summed E-state index contributed by atoms with van der Waals surface area (Å²) in [5, 5.41) is 10.6. The molecule has 3 aromatic rings. The summed E-state index contributed by atoms with van der Waals surface area (Å²) in [6, 6.07) is 11.5. The molecule has 0 fully saturated rings. The summed E-state index contributed by atoms with van der Waals surface area (Å²) in [7, 11) is 1.93. The molecule has 3 rings (SSSR count). The predicted molar refractivity (Wildman–Crippen MR) is 107 cm³/mol. The molecule has 0 radical (unpaired) electrons. The van der Waals surface area contributed by atoms with Crippen LogP contribution in [0, 0.1) is 13.8 Å². The first-order valence-electron chi connectivity index (χ1n) is 8.10. The Hall–Kier alpha value is -1.69. The number of aryl methyl sites for hydroxylation is 1. The van der Waals surface area contributed by atoms with Gasteiger partial charge in [0, 0.05) is 22.8 Å². The third-order valence-electron chi connectivity index (χ3n) is 4.24. The van der Waals surface area contributed by atoms with Crippen LogP contribution >= 0.6 is 35.0 Å². The lowest BCUT2D eigenvalue weighted by atomic mass is 10.1. The Balaban J connectivity index is 1.67. The number of thioether (sulfide) groups is 1. The van der Waals surface area contributed by atoms with E-state index in [4.69, 9.17) is 27.9 Å². The van der Waals surface area contributed by atoms with E-state index in [1.54, 1.807) is 11.8 Å². The van der Waals surface area contributed by atoms with E-state index in [2.05, 4.69) is 30.1 Å². The van der Waals surface area contributed by atoms with E-state index in [0.717, 1.165) is 27.9 Å². The van der Waals surface area contributed by atoms with Gasteiger partial charge in [0.2, 0.25) is 0 Å². The van der Waals surface area contributed by atoms with E-state index in [1.807, 2.05) is 41.9 Å². The number of rotatable bonds is 6. The quantitative estimate of drug-likeness (QED) is 0.497. The van der Waals surface area contributed by atoms with Crippen molar-refractivity contribution in [2.75, 3.05) is 0 Å². The van der Waals surface area contributed by atoms with E-state index >= 15 is 0 Å². The molecule has 136 valence electrons. The number of hydrogen-bond acceptors (Lipinski definition) is 4. The fourth-order valence-electron chi connectivity index (χ4n) is 2.43. The second-order valence-electron chi connectivity index (χ2n) is 5.93. The number of ether oxygens (including phenoxy) is 1. The van der Waals surface area contributed by atoms with Crippen LogP contribution in [-0.4, -0.2) is 14.8 Å². The van der Waals surface area contributed by atoms with Gasteiger partial charge in [-0.25, -0.2) is 0 Å².